The van der Waals surface area contributed by atoms with E-state index in [2.05, 4.69) is 23.0 Å². The molecule has 1 N–H and O–H groups in total. The molecule has 0 spiro atoms. The molecule has 0 aromatic heterocycles. The Hall–Kier alpha value is -1.55. The number of carbonyl (C=O) groups excluding carboxylic acids is 1. The molecule has 0 radical (unpaired) electrons. The van der Waals surface area contributed by atoms with Gasteiger partial charge >= 0.3 is 0 Å². The molecule has 1 aliphatic heterocycles. The third-order valence-corrected chi connectivity index (χ3v) is 3.37. The predicted molar refractivity (Wildman–Crippen MR) is 89.2 cm³/mol. The second kappa shape index (κ2) is 9.46. The van der Waals surface area contributed by atoms with Crippen LogP contribution in [0, 0.1) is 12.8 Å². The Morgan fingerprint density at radius 1 is 1.32 bits per heavy atom. The van der Waals surface area contributed by atoms with Gasteiger partial charge in [0, 0.05) is 12.5 Å². The molecule has 1 saturated heterocycles. The fourth-order valence-electron chi connectivity index (χ4n) is 2.14. The first-order valence-corrected chi connectivity index (χ1v) is 7.93. The van der Waals surface area contributed by atoms with E-state index in [4.69, 9.17) is 4.74 Å². The Labute approximate surface area is 134 Å². The highest BCUT2D eigenvalue weighted by Crippen LogP contribution is 2.18. The van der Waals surface area contributed by atoms with Crippen LogP contribution >= 0.6 is 0 Å². The van der Waals surface area contributed by atoms with E-state index in [0.717, 1.165) is 18.9 Å². The number of rotatable bonds is 4. The van der Waals surface area contributed by atoms with Crippen LogP contribution in [0.1, 0.15) is 39.2 Å². The summed E-state index contributed by atoms with van der Waals surface area (Å²) in [4.78, 5) is 9.60. The first kappa shape index (κ1) is 18.5. The van der Waals surface area contributed by atoms with Crippen LogP contribution in [0.3, 0.4) is 0 Å². The Bertz CT molecular complexity index is 434. The molecule has 1 unspecified atom stereocenters. The van der Waals surface area contributed by atoms with Gasteiger partial charge in [-0.2, -0.15) is 0 Å². The van der Waals surface area contributed by atoms with Crippen LogP contribution in [-0.4, -0.2) is 31.8 Å². The van der Waals surface area contributed by atoms with Gasteiger partial charge in [-0.05, 0) is 58.7 Å². The van der Waals surface area contributed by atoms with Crippen LogP contribution in [0.2, 0.25) is 0 Å². The maximum absolute atomic E-state index is 9.60. The molecule has 1 heterocycles. The van der Waals surface area contributed by atoms with Gasteiger partial charge in [0.25, 0.3) is 6.47 Å². The van der Waals surface area contributed by atoms with E-state index in [1.165, 1.54) is 24.9 Å². The third-order valence-electron chi connectivity index (χ3n) is 3.37. The number of hydrogen-bond acceptors (Lipinski definition) is 4. The highest BCUT2D eigenvalue weighted by Gasteiger charge is 2.13. The molecule has 0 bridgehead atoms. The van der Waals surface area contributed by atoms with E-state index in [0.29, 0.717) is 12.4 Å². The summed E-state index contributed by atoms with van der Waals surface area (Å²) in [5, 5.41) is 3.41. The summed E-state index contributed by atoms with van der Waals surface area (Å²) in [6.07, 6.45) is 2.57. The Kier molecular flexibility index (Phi) is 7.96. The molecule has 4 nitrogen and oxygen atoms in total. The fraction of sp³-hybridized carbons (Fsp3) is 0.611. The minimum Gasteiger partial charge on any atom is -0.493 e. The zero-order chi connectivity index (χ0) is 16.4. The Morgan fingerprint density at radius 3 is 2.55 bits per heavy atom. The first-order chi connectivity index (χ1) is 10.4. The number of hydrogen-bond donors (Lipinski definition) is 1. The molecule has 0 saturated carbocycles. The summed E-state index contributed by atoms with van der Waals surface area (Å²) < 4.78 is 10.4. The standard InChI is InChI=1S/C13H19NO.C5H10O2/c1-11-5-2-3-7-13(11)15-10-12-6-4-8-14-9-12;1-5(2,3)7-4-6/h2-3,5,7,12,14H,4,6,8-10H2,1H3;4H,1-3H3. The van der Waals surface area contributed by atoms with Gasteiger partial charge in [-0.15, -0.1) is 0 Å². The number of piperidine rings is 1. The highest BCUT2D eigenvalue weighted by molar-refractivity contribution is 5.37. The normalized spacial score (nSPS) is 17.9. The minimum atomic E-state index is -0.318. The summed E-state index contributed by atoms with van der Waals surface area (Å²) in [6, 6.07) is 8.21. The van der Waals surface area contributed by atoms with Gasteiger partial charge in [-0.3, -0.25) is 4.79 Å². The van der Waals surface area contributed by atoms with Crippen molar-refractivity contribution in [2.75, 3.05) is 19.7 Å². The first-order valence-electron chi connectivity index (χ1n) is 7.93. The number of ether oxygens (including phenoxy) is 2. The van der Waals surface area contributed by atoms with E-state index >= 15 is 0 Å². The molecule has 0 amide bonds. The average molecular weight is 307 g/mol. The molecule has 4 heteroatoms. The average Bonchev–Trinajstić information content (AvgIpc) is 2.47. The van der Waals surface area contributed by atoms with Crippen molar-refractivity contribution >= 4 is 6.47 Å². The number of nitrogens with one attached hydrogen (secondary N) is 1. The lowest BCUT2D eigenvalue weighted by molar-refractivity contribution is -0.138. The van der Waals surface area contributed by atoms with Crippen molar-refractivity contribution in [1.82, 2.24) is 5.32 Å². The molecule has 1 aromatic rings. The van der Waals surface area contributed by atoms with Crippen molar-refractivity contribution in [3.8, 4) is 5.75 Å². The zero-order valence-corrected chi connectivity index (χ0v) is 14.2. The van der Waals surface area contributed by atoms with Crippen LogP contribution in [0.25, 0.3) is 0 Å². The lowest BCUT2D eigenvalue weighted by Crippen LogP contribution is -2.33. The summed E-state index contributed by atoms with van der Waals surface area (Å²) >= 11 is 0. The van der Waals surface area contributed by atoms with Crippen molar-refractivity contribution in [2.45, 2.75) is 46.1 Å². The molecular formula is C18H29NO3. The molecule has 124 valence electrons. The van der Waals surface area contributed by atoms with Crippen molar-refractivity contribution in [3.05, 3.63) is 29.8 Å². The smallest absolute Gasteiger partial charge is 0.293 e. The topological polar surface area (TPSA) is 47.6 Å². The summed E-state index contributed by atoms with van der Waals surface area (Å²) in [7, 11) is 0. The summed E-state index contributed by atoms with van der Waals surface area (Å²) in [5.41, 5.74) is 0.906. The van der Waals surface area contributed by atoms with Crippen LogP contribution in [0.4, 0.5) is 0 Å². The summed E-state index contributed by atoms with van der Waals surface area (Å²) in [5.74, 6) is 1.71. The van der Waals surface area contributed by atoms with Crippen molar-refractivity contribution in [1.29, 1.82) is 0 Å². The van der Waals surface area contributed by atoms with Crippen molar-refractivity contribution in [3.63, 3.8) is 0 Å². The maximum Gasteiger partial charge on any atom is 0.293 e. The van der Waals surface area contributed by atoms with Crippen LogP contribution in [0.5, 0.6) is 5.75 Å². The molecular weight excluding hydrogens is 278 g/mol. The Balaban J connectivity index is 0.000000295. The van der Waals surface area contributed by atoms with Gasteiger partial charge in [-0.1, -0.05) is 18.2 Å². The zero-order valence-electron chi connectivity index (χ0n) is 14.2. The van der Waals surface area contributed by atoms with Crippen LogP contribution in [-0.2, 0) is 9.53 Å². The quantitative estimate of drug-likeness (QED) is 0.867. The second-order valence-electron chi connectivity index (χ2n) is 6.62. The van der Waals surface area contributed by atoms with Crippen LogP contribution in [0.15, 0.2) is 24.3 Å². The highest BCUT2D eigenvalue weighted by atomic mass is 16.5. The number of para-hydroxylation sites is 1. The van der Waals surface area contributed by atoms with Gasteiger partial charge in [0.1, 0.15) is 11.4 Å². The molecule has 1 atom stereocenters. The van der Waals surface area contributed by atoms with E-state index in [1.807, 2.05) is 39.0 Å². The SMILES string of the molecule is CC(C)(C)OC=O.Cc1ccccc1OCC1CCCNC1. The predicted octanol–water partition coefficient (Wildman–Crippen LogP) is 3.33. The molecule has 1 fully saturated rings. The molecule has 1 aliphatic rings. The number of carbonyl (C=O) groups is 1. The van der Waals surface area contributed by atoms with Crippen LogP contribution < -0.4 is 10.1 Å². The molecule has 1 aromatic carbocycles. The number of aryl methyl sites for hydroxylation is 1. The second-order valence-corrected chi connectivity index (χ2v) is 6.62. The van der Waals surface area contributed by atoms with Crippen molar-refractivity contribution < 1.29 is 14.3 Å². The van der Waals surface area contributed by atoms with Gasteiger partial charge in [-0.25, -0.2) is 0 Å². The lowest BCUT2D eigenvalue weighted by Gasteiger charge is -2.23. The maximum atomic E-state index is 9.60. The fourth-order valence-corrected chi connectivity index (χ4v) is 2.14. The van der Waals surface area contributed by atoms with E-state index in [9.17, 15) is 4.79 Å². The summed E-state index contributed by atoms with van der Waals surface area (Å²) in [6.45, 7) is 11.1. The van der Waals surface area contributed by atoms with E-state index in [-0.39, 0.29) is 5.60 Å². The van der Waals surface area contributed by atoms with Crippen molar-refractivity contribution in [2.24, 2.45) is 5.92 Å². The monoisotopic (exact) mass is 307 g/mol. The minimum absolute atomic E-state index is 0.318. The third kappa shape index (κ3) is 8.03. The van der Waals surface area contributed by atoms with Gasteiger partial charge in [0.2, 0.25) is 0 Å². The molecule has 2 rings (SSSR count). The Morgan fingerprint density at radius 2 is 2.05 bits per heavy atom. The molecule has 22 heavy (non-hydrogen) atoms. The van der Waals surface area contributed by atoms with Gasteiger partial charge in [0.15, 0.2) is 0 Å². The van der Waals surface area contributed by atoms with E-state index in [1.54, 1.807) is 0 Å². The largest absolute Gasteiger partial charge is 0.493 e. The molecule has 0 aliphatic carbocycles. The van der Waals surface area contributed by atoms with Gasteiger partial charge in [0.05, 0.1) is 6.61 Å². The van der Waals surface area contributed by atoms with Gasteiger partial charge < -0.3 is 14.8 Å². The number of benzene rings is 1. The van der Waals surface area contributed by atoms with E-state index < -0.39 is 0 Å². The lowest BCUT2D eigenvalue weighted by atomic mass is 10.0.